The smallest absolute Gasteiger partial charge is 0.344 e. The highest BCUT2D eigenvalue weighted by Crippen LogP contribution is 2.29. The molecule has 2 N–H and O–H groups in total. The predicted molar refractivity (Wildman–Crippen MR) is 151 cm³/mol. The first-order valence-corrected chi connectivity index (χ1v) is 12.9. The number of hydrogen-bond donors (Lipinski definition) is 2. The average molecular weight is 615 g/mol. The van der Waals surface area contributed by atoms with Crippen LogP contribution < -0.4 is 22.3 Å². The number of aromatic amines is 1. The number of nitrogens with one attached hydrogen (secondary N) is 2. The van der Waals surface area contributed by atoms with Gasteiger partial charge in [-0.1, -0.05) is 11.6 Å². The van der Waals surface area contributed by atoms with E-state index in [1.807, 2.05) is 0 Å². The Morgan fingerprint density at radius 3 is 2.37 bits per heavy atom. The Morgan fingerprint density at radius 2 is 1.72 bits per heavy atom. The van der Waals surface area contributed by atoms with Gasteiger partial charge >= 0.3 is 11.4 Å². The molecule has 0 atom stereocenters. The first-order valence-electron chi connectivity index (χ1n) is 12.5. The van der Waals surface area contributed by atoms with Gasteiger partial charge in [-0.3, -0.25) is 18.8 Å². The fourth-order valence-electron chi connectivity index (χ4n) is 4.33. The molecule has 0 saturated carbocycles. The highest BCUT2D eigenvalue weighted by atomic mass is 35.5. The summed E-state index contributed by atoms with van der Waals surface area (Å²) in [7, 11) is 4.71. The molecule has 5 rings (SSSR count). The van der Waals surface area contributed by atoms with E-state index in [9.17, 15) is 32.3 Å². The lowest BCUT2D eigenvalue weighted by atomic mass is 10.2. The fraction of sp³-hybridized carbons (Fsp3) is 0.185. The monoisotopic (exact) mass is 614 g/mol. The predicted octanol–water partition coefficient (Wildman–Crippen LogP) is 2.59. The van der Waals surface area contributed by atoms with Gasteiger partial charge in [-0.2, -0.15) is 10.1 Å². The Balaban J connectivity index is 1.62. The van der Waals surface area contributed by atoms with Crippen LogP contribution in [0.1, 0.15) is 21.6 Å². The van der Waals surface area contributed by atoms with Crippen LogP contribution in [0.4, 0.5) is 24.8 Å². The summed E-state index contributed by atoms with van der Waals surface area (Å²) in [6.45, 7) is -1.10. The largest absolute Gasteiger partial charge is 0.355 e. The number of rotatable bonds is 7. The van der Waals surface area contributed by atoms with Crippen LogP contribution in [0.25, 0.3) is 10.9 Å². The summed E-state index contributed by atoms with van der Waals surface area (Å²) in [6.07, 6.45) is 1.70. The number of fused-ring (bicyclic) bond motifs is 1. The second-order valence-electron chi connectivity index (χ2n) is 9.79. The molecule has 16 heteroatoms. The fourth-order valence-corrected chi connectivity index (χ4v) is 4.54. The minimum atomic E-state index is -1.69. The number of H-pyrrole nitrogens is 1. The maximum atomic E-state index is 14.0. The summed E-state index contributed by atoms with van der Waals surface area (Å²) < 4.78 is 44.8. The zero-order valence-electron chi connectivity index (χ0n) is 22.8. The van der Waals surface area contributed by atoms with Crippen LogP contribution in [0.15, 0.2) is 57.0 Å². The molecule has 5 aromatic rings. The van der Waals surface area contributed by atoms with E-state index in [0.29, 0.717) is 27.6 Å². The summed E-state index contributed by atoms with van der Waals surface area (Å²) in [5, 5.41) is 7.90. The molecule has 0 unspecified atom stereocenters. The van der Waals surface area contributed by atoms with Gasteiger partial charge in [0.2, 0.25) is 5.95 Å². The number of aromatic nitrogens is 6. The standard InChI is InChI=1S/C27H22ClF3N8O4/c1-36(2)24(41)19-5-4-14(23(40)32-19)12-39-26(42)34-25(33-21-8-15-11-37(3)35-20(15)9-16(21)28)38(27(39)43)10-13-6-17(29)22(31)18(30)7-13/h4-9,11H,10,12H2,1-3H3,(H,32,40)(H,33,34,42). The van der Waals surface area contributed by atoms with Gasteiger partial charge < -0.3 is 15.2 Å². The Labute approximate surface area is 244 Å². The minimum Gasteiger partial charge on any atom is -0.344 e. The maximum absolute atomic E-state index is 14.0. The number of pyridine rings is 1. The summed E-state index contributed by atoms with van der Waals surface area (Å²) in [4.78, 5) is 59.3. The zero-order valence-corrected chi connectivity index (χ0v) is 23.5. The first kappa shape index (κ1) is 29.3. The second-order valence-corrected chi connectivity index (χ2v) is 10.2. The maximum Gasteiger partial charge on any atom is 0.355 e. The van der Waals surface area contributed by atoms with Crippen LogP contribution in [-0.4, -0.2) is 53.8 Å². The SMILES string of the molecule is CN(C)C(=O)c1ccc(Cn2c(=O)nc(Nc3cc4cn(C)nc4cc3Cl)n(Cc3cc(F)c(F)c(F)c3)c2=O)c(=O)[nH]1. The quantitative estimate of drug-likeness (QED) is 0.269. The van der Waals surface area contributed by atoms with E-state index in [4.69, 9.17) is 11.6 Å². The molecule has 12 nitrogen and oxygen atoms in total. The molecule has 0 radical (unpaired) electrons. The lowest BCUT2D eigenvalue weighted by Gasteiger charge is -2.16. The van der Waals surface area contributed by atoms with Crippen molar-refractivity contribution >= 4 is 40.0 Å². The molecule has 0 aliphatic carbocycles. The molecule has 0 aliphatic heterocycles. The van der Waals surface area contributed by atoms with Gasteiger partial charge in [-0.05, 0) is 42.0 Å². The molecule has 0 spiro atoms. The zero-order chi connectivity index (χ0) is 31.2. The van der Waals surface area contributed by atoms with Crippen molar-refractivity contribution in [3.63, 3.8) is 0 Å². The van der Waals surface area contributed by atoms with Crippen LogP contribution in [-0.2, 0) is 20.1 Å². The molecule has 0 saturated heterocycles. The van der Waals surface area contributed by atoms with Gasteiger partial charge in [-0.15, -0.1) is 0 Å². The van der Waals surface area contributed by atoms with E-state index in [2.05, 4.69) is 20.4 Å². The number of benzene rings is 2. The number of hydrogen-bond acceptors (Lipinski definition) is 7. The molecule has 0 aliphatic rings. The van der Waals surface area contributed by atoms with Gasteiger partial charge in [0.1, 0.15) is 5.69 Å². The van der Waals surface area contributed by atoms with E-state index < -0.39 is 53.4 Å². The molecular weight excluding hydrogens is 593 g/mol. The van der Waals surface area contributed by atoms with E-state index >= 15 is 0 Å². The Kier molecular flexibility index (Phi) is 7.67. The van der Waals surface area contributed by atoms with E-state index in [0.717, 1.165) is 4.57 Å². The highest BCUT2D eigenvalue weighted by molar-refractivity contribution is 6.34. The molecule has 43 heavy (non-hydrogen) atoms. The van der Waals surface area contributed by atoms with E-state index in [1.165, 1.54) is 31.1 Å². The topological polar surface area (TPSA) is 140 Å². The third-order valence-electron chi connectivity index (χ3n) is 6.44. The molecular formula is C27H22ClF3N8O4. The Hall–Kier alpha value is -5.18. The minimum absolute atomic E-state index is 0.0102. The lowest BCUT2D eigenvalue weighted by molar-refractivity contribution is 0.0821. The van der Waals surface area contributed by atoms with E-state index in [-0.39, 0.29) is 33.5 Å². The summed E-state index contributed by atoms with van der Waals surface area (Å²) in [6, 6.07) is 7.15. The molecule has 222 valence electrons. The third kappa shape index (κ3) is 5.79. The van der Waals surface area contributed by atoms with Gasteiger partial charge in [0.05, 0.1) is 29.3 Å². The van der Waals surface area contributed by atoms with Gasteiger partial charge in [0.25, 0.3) is 11.5 Å². The summed E-state index contributed by atoms with van der Waals surface area (Å²) in [5.74, 6) is -5.47. The molecule has 3 heterocycles. The molecule has 3 aromatic heterocycles. The first-order chi connectivity index (χ1) is 20.3. The normalized spacial score (nSPS) is 11.2. The average Bonchev–Trinajstić information content (AvgIpc) is 3.30. The van der Waals surface area contributed by atoms with Crippen molar-refractivity contribution in [3.8, 4) is 0 Å². The highest BCUT2D eigenvalue weighted by Gasteiger charge is 2.19. The van der Waals surface area contributed by atoms with Crippen LogP contribution in [0.3, 0.4) is 0 Å². The number of anilines is 2. The van der Waals surface area contributed by atoms with Crippen molar-refractivity contribution in [1.29, 1.82) is 0 Å². The number of nitrogens with zero attached hydrogens (tertiary/aromatic N) is 6. The van der Waals surface area contributed by atoms with Crippen molar-refractivity contribution in [2.45, 2.75) is 13.1 Å². The van der Waals surface area contributed by atoms with Crippen molar-refractivity contribution in [1.82, 2.24) is 33.8 Å². The van der Waals surface area contributed by atoms with Crippen molar-refractivity contribution in [2.24, 2.45) is 7.05 Å². The molecule has 0 fully saturated rings. The second kappa shape index (κ2) is 11.2. The molecule has 1 amide bonds. The van der Waals surface area contributed by atoms with Crippen molar-refractivity contribution in [2.75, 3.05) is 19.4 Å². The molecule has 0 bridgehead atoms. The van der Waals surface area contributed by atoms with Gasteiger partial charge in [0, 0.05) is 38.3 Å². The number of carbonyl (C=O) groups excluding carboxylic acids is 1. The third-order valence-corrected chi connectivity index (χ3v) is 6.76. The summed E-state index contributed by atoms with van der Waals surface area (Å²) in [5.41, 5.74) is -2.23. The number of aryl methyl sites for hydroxylation is 1. The van der Waals surface area contributed by atoms with Gasteiger partial charge in [0.15, 0.2) is 17.5 Å². The van der Waals surface area contributed by atoms with E-state index in [1.54, 1.807) is 30.1 Å². The summed E-state index contributed by atoms with van der Waals surface area (Å²) >= 11 is 6.41. The van der Waals surface area contributed by atoms with Crippen LogP contribution in [0, 0.1) is 17.5 Å². The van der Waals surface area contributed by atoms with Gasteiger partial charge in [-0.25, -0.2) is 27.3 Å². The molecule has 2 aromatic carbocycles. The van der Waals surface area contributed by atoms with Crippen molar-refractivity contribution < 1.29 is 18.0 Å². The van der Waals surface area contributed by atoms with Crippen molar-refractivity contribution in [3.05, 3.63) is 113 Å². The Morgan fingerprint density at radius 1 is 1.02 bits per heavy atom. The van der Waals surface area contributed by atoms with Crippen LogP contribution in [0.5, 0.6) is 0 Å². The lowest BCUT2D eigenvalue weighted by Crippen LogP contribution is -2.43. The van der Waals surface area contributed by atoms with Crippen LogP contribution >= 0.6 is 11.6 Å². The van der Waals surface area contributed by atoms with Crippen LogP contribution in [0.2, 0.25) is 5.02 Å². The number of halogens is 4. The number of carbonyl (C=O) groups is 1. The Bertz CT molecular complexity index is 2080. The number of amides is 1.